The predicted molar refractivity (Wildman–Crippen MR) is 114 cm³/mol. The van der Waals surface area contributed by atoms with Gasteiger partial charge in [-0.05, 0) is 52.6 Å². The Morgan fingerprint density at radius 1 is 1.04 bits per heavy atom. The molecule has 0 fully saturated rings. The fraction of sp³-hybridized carbons (Fsp3) is 0.250. The maximum Gasteiger partial charge on any atom is 0.154 e. The molecule has 0 spiro atoms. The Balaban J connectivity index is 1.33. The summed E-state index contributed by atoms with van der Waals surface area (Å²) in [6, 6.07) is 17.7. The van der Waals surface area contributed by atoms with Crippen LogP contribution < -0.4 is 0 Å². The lowest BCUT2D eigenvalue weighted by molar-refractivity contribution is 0.441. The van der Waals surface area contributed by atoms with Crippen LogP contribution in [0.3, 0.4) is 0 Å². The summed E-state index contributed by atoms with van der Waals surface area (Å²) in [7, 11) is 0. The number of aryl methyl sites for hydroxylation is 2. The Labute approximate surface area is 166 Å². The van der Waals surface area contributed by atoms with E-state index in [-0.39, 0.29) is 0 Å². The van der Waals surface area contributed by atoms with Gasteiger partial charge in [-0.15, -0.1) is 11.3 Å². The Morgan fingerprint density at radius 3 is 2.81 bits per heavy atom. The summed E-state index contributed by atoms with van der Waals surface area (Å²) in [5, 5.41) is 1.43. The van der Waals surface area contributed by atoms with Crippen LogP contribution in [0.5, 0.6) is 0 Å². The summed E-state index contributed by atoms with van der Waals surface area (Å²) in [4.78, 5) is 2.65. The van der Waals surface area contributed by atoms with E-state index in [4.69, 9.17) is 0 Å². The molecule has 1 aliphatic heterocycles. The van der Waals surface area contributed by atoms with Crippen molar-refractivity contribution in [1.82, 2.24) is 0 Å². The van der Waals surface area contributed by atoms with Crippen molar-refractivity contribution in [3.8, 4) is 0 Å². The smallest absolute Gasteiger partial charge is 0.154 e. The molecule has 0 amide bonds. The molecule has 2 aliphatic carbocycles. The van der Waals surface area contributed by atoms with Gasteiger partial charge in [0.2, 0.25) is 0 Å². The van der Waals surface area contributed by atoms with Gasteiger partial charge in [-0.3, -0.25) is 0 Å². The van der Waals surface area contributed by atoms with Gasteiger partial charge in [-0.2, -0.15) is 0 Å². The fourth-order valence-corrected chi connectivity index (χ4v) is 7.04. The molecular weight excluding hydrogens is 371 g/mol. The second-order valence-electron chi connectivity index (χ2n) is 7.66. The highest BCUT2D eigenvalue weighted by molar-refractivity contribution is 8.04. The summed E-state index contributed by atoms with van der Waals surface area (Å²) >= 11 is 3.34. The van der Waals surface area contributed by atoms with Crippen molar-refractivity contribution in [2.24, 2.45) is 0 Å². The van der Waals surface area contributed by atoms with E-state index in [9.17, 15) is 4.39 Å². The van der Waals surface area contributed by atoms with E-state index in [2.05, 4.69) is 60.7 Å². The van der Waals surface area contributed by atoms with Gasteiger partial charge < -0.3 is 0 Å². The number of alkyl halides is 1. The number of thiophene rings is 1. The largest absolute Gasteiger partial charge is 0.235 e. The van der Waals surface area contributed by atoms with E-state index >= 15 is 0 Å². The Kier molecular flexibility index (Phi) is 3.64. The molecule has 3 aromatic rings. The van der Waals surface area contributed by atoms with E-state index in [1.807, 2.05) is 11.3 Å². The second-order valence-corrected chi connectivity index (χ2v) is 10.0. The number of halogens is 1. The standard InChI is InChI=1S/C24H19FS2/c25-22-13-19-21(27-22)11-9-17-23-16(24(17)19)8-10-20-18(23)12-15(26-20)7-6-14-4-2-1-3-5-14/h1-5,8-12,17,22,24H,6-7,13H2. The SMILES string of the molecule is FC1CC2=C(C=CC3c4c(ccc5sc(CCc6ccccc6)cc45)C23)S1. The zero-order chi connectivity index (χ0) is 18.0. The zero-order valence-corrected chi connectivity index (χ0v) is 16.5. The lowest BCUT2D eigenvalue weighted by atomic mass is 9.61. The Hall–Kier alpha value is -1.84. The van der Waals surface area contributed by atoms with Crippen molar-refractivity contribution in [3.05, 3.63) is 92.7 Å². The number of hydrogen-bond acceptors (Lipinski definition) is 2. The molecule has 134 valence electrons. The number of benzene rings is 2. The van der Waals surface area contributed by atoms with Gasteiger partial charge in [0.15, 0.2) is 5.50 Å². The molecule has 0 bridgehead atoms. The molecule has 0 N–H and O–H groups in total. The molecule has 3 heteroatoms. The van der Waals surface area contributed by atoms with Crippen molar-refractivity contribution >= 4 is 33.2 Å². The second kappa shape index (κ2) is 6.08. The van der Waals surface area contributed by atoms with Crippen molar-refractivity contribution in [1.29, 1.82) is 0 Å². The first kappa shape index (κ1) is 16.1. The minimum atomic E-state index is -0.753. The van der Waals surface area contributed by atoms with Gasteiger partial charge in [0.1, 0.15) is 0 Å². The van der Waals surface area contributed by atoms with Crippen LogP contribution in [-0.2, 0) is 12.8 Å². The molecule has 3 unspecified atom stereocenters. The van der Waals surface area contributed by atoms with Gasteiger partial charge in [0.05, 0.1) is 0 Å². The summed E-state index contributed by atoms with van der Waals surface area (Å²) in [6.07, 6.45) is 7.28. The fourth-order valence-electron chi connectivity index (χ4n) is 4.90. The van der Waals surface area contributed by atoms with Crippen LogP contribution in [0, 0.1) is 0 Å². The highest BCUT2D eigenvalue weighted by Gasteiger charge is 2.45. The maximum atomic E-state index is 13.9. The topological polar surface area (TPSA) is 0 Å². The van der Waals surface area contributed by atoms with Gasteiger partial charge >= 0.3 is 0 Å². The van der Waals surface area contributed by atoms with E-state index in [0.717, 1.165) is 12.8 Å². The first-order valence-electron chi connectivity index (χ1n) is 9.59. The quantitative estimate of drug-likeness (QED) is 0.458. The number of hydrogen-bond donors (Lipinski definition) is 0. The molecule has 1 aromatic heterocycles. The average molecular weight is 391 g/mol. The molecule has 6 rings (SSSR count). The molecule has 0 radical (unpaired) electrons. The lowest BCUT2D eigenvalue weighted by Crippen LogP contribution is -2.26. The van der Waals surface area contributed by atoms with Crippen molar-refractivity contribution in [2.45, 2.75) is 36.6 Å². The molecule has 27 heavy (non-hydrogen) atoms. The van der Waals surface area contributed by atoms with E-state index in [1.54, 1.807) is 0 Å². The summed E-state index contributed by atoms with van der Waals surface area (Å²) in [5.41, 5.74) is 4.92. The van der Waals surface area contributed by atoms with E-state index in [0.29, 0.717) is 18.3 Å². The molecule has 0 nitrogen and oxygen atoms in total. The minimum Gasteiger partial charge on any atom is -0.235 e. The van der Waals surface area contributed by atoms with E-state index < -0.39 is 5.50 Å². The highest BCUT2D eigenvalue weighted by atomic mass is 32.2. The number of rotatable bonds is 3. The highest BCUT2D eigenvalue weighted by Crippen LogP contribution is 2.61. The molecule has 2 heterocycles. The van der Waals surface area contributed by atoms with Gasteiger partial charge in [-0.25, -0.2) is 4.39 Å². The molecule has 2 aromatic carbocycles. The number of fused-ring (bicyclic) bond motifs is 7. The maximum absolute atomic E-state index is 13.9. The lowest BCUT2D eigenvalue weighted by Gasteiger charge is -2.42. The Morgan fingerprint density at radius 2 is 1.93 bits per heavy atom. The van der Waals surface area contributed by atoms with Crippen LogP contribution in [0.1, 0.15) is 39.8 Å². The van der Waals surface area contributed by atoms with Crippen molar-refractivity contribution < 1.29 is 4.39 Å². The third-order valence-corrected chi connectivity index (χ3v) is 8.37. The summed E-state index contributed by atoms with van der Waals surface area (Å²) < 4.78 is 15.3. The normalized spacial score (nSPS) is 25.3. The molecule has 3 atom stereocenters. The van der Waals surface area contributed by atoms with Crippen LogP contribution in [0.2, 0.25) is 0 Å². The van der Waals surface area contributed by atoms with Crippen LogP contribution in [0.4, 0.5) is 4.39 Å². The summed E-state index contributed by atoms with van der Waals surface area (Å²) in [6.45, 7) is 0. The predicted octanol–water partition coefficient (Wildman–Crippen LogP) is 7.12. The molecular formula is C24H19FS2. The van der Waals surface area contributed by atoms with Crippen LogP contribution >= 0.6 is 23.1 Å². The minimum absolute atomic E-state index is 0.422. The zero-order valence-electron chi connectivity index (χ0n) is 14.8. The third-order valence-electron chi connectivity index (χ3n) is 6.14. The van der Waals surface area contributed by atoms with Crippen LogP contribution in [0.15, 0.2) is 71.2 Å². The first-order valence-corrected chi connectivity index (χ1v) is 11.3. The molecule has 0 saturated heterocycles. The third kappa shape index (κ3) is 2.48. The Bertz CT molecular complexity index is 1110. The van der Waals surface area contributed by atoms with Gasteiger partial charge in [0.25, 0.3) is 0 Å². The van der Waals surface area contributed by atoms with Gasteiger partial charge in [0, 0.05) is 32.7 Å². The monoisotopic (exact) mass is 390 g/mol. The summed E-state index contributed by atoms with van der Waals surface area (Å²) in [5.74, 6) is 0.871. The van der Waals surface area contributed by atoms with E-state index in [1.165, 1.54) is 53.9 Å². The van der Waals surface area contributed by atoms with Gasteiger partial charge in [-0.1, -0.05) is 60.3 Å². The average Bonchev–Trinajstić information content (AvgIpc) is 3.24. The van der Waals surface area contributed by atoms with Crippen molar-refractivity contribution in [2.75, 3.05) is 0 Å². The van der Waals surface area contributed by atoms with Crippen LogP contribution in [-0.4, -0.2) is 5.50 Å². The molecule has 0 saturated carbocycles. The first-order chi connectivity index (χ1) is 13.3. The van der Waals surface area contributed by atoms with Crippen molar-refractivity contribution in [3.63, 3.8) is 0 Å². The number of thioether (sulfide) groups is 1. The molecule has 3 aliphatic rings. The number of allylic oxidation sites excluding steroid dienone is 3. The van der Waals surface area contributed by atoms with Crippen LogP contribution in [0.25, 0.3) is 10.1 Å².